The van der Waals surface area contributed by atoms with Crippen molar-refractivity contribution in [2.75, 3.05) is 19.8 Å². The fourth-order valence-corrected chi connectivity index (χ4v) is 3.12. The minimum atomic E-state index is -0.405. The van der Waals surface area contributed by atoms with Gasteiger partial charge in [0.1, 0.15) is 11.9 Å². The van der Waals surface area contributed by atoms with Gasteiger partial charge in [0.25, 0.3) is 5.69 Å². The second-order valence-electron chi connectivity index (χ2n) is 7.19. The average Bonchev–Trinajstić information content (AvgIpc) is 3.24. The Kier molecular flexibility index (Phi) is 7.62. The van der Waals surface area contributed by atoms with Gasteiger partial charge in [-0.05, 0) is 31.0 Å². The highest BCUT2D eigenvalue weighted by Gasteiger charge is 2.18. The first kappa shape index (κ1) is 21.6. The summed E-state index contributed by atoms with van der Waals surface area (Å²) in [4.78, 5) is 15.0. The van der Waals surface area contributed by atoms with Crippen LogP contribution in [0.5, 0.6) is 5.75 Å². The van der Waals surface area contributed by atoms with Crippen molar-refractivity contribution in [3.63, 3.8) is 0 Å². The number of nitrogens with zero attached hydrogens (tertiary/aromatic N) is 2. The highest BCUT2D eigenvalue weighted by atomic mass is 16.6. The summed E-state index contributed by atoms with van der Waals surface area (Å²) in [5.41, 5.74) is 3.17. The van der Waals surface area contributed by atoms with Crippen molar-refractivity contribution in [1.82, 2.24) is 10.6 Å². The minimum absolute atomic E-state index is 0.0762. The molecule has 0 saturated carbocycles. The molecule has 0 aliphatic carbocycles. The van der Waals surface area contributed by atoms with Crippen LogP contribution >= 0.6 is 0 Å². The highest BCUT2D eigenvalue weighted by Crippen LogP contribution is 2.23. The number of benzene rings is 2. The lowest BCUT2D eigenvalue weighted by atomic mass is 10.1. The highest BCUT2D eigenvalue weighted by molar-refractivity contribution is 5.79. The van der Waals surface area contributed by atoms with E-state index in [0.717, 1.165) is 42.0 Å². The standard InChI is InChI=1S/C22H28N4O4/c1-3-23-22(24-13-17-5-8-19(9-6-17)26(27)28)25-14-18-7-4-16(2)12-21(18)30-20-10-11-29-15-20/h4-9,12,20H,3,10-11,13-15H2,1-2H3,(H2,23,24,25). The molecule has 2 aromatic rings. The van der Waals surface area contributed by atoms with Crippen LogP contribution in [-0.2, 0) is 17.8 Å². The van der Waals surface area contributed by atoms with E-state index in [1.165, 1.54) is 12.1 Å². The molecule has 8 heteroatoms. The Morgan fingerprint density at radius 2 is 2.07 bits per heavy atom. The summed E-state index contributed by atoms with van der Waals surface area (Å²) in [7, 11) is 0. The molecule has 3 rings (SSSR count). The summed E-state index contributed by atoms with van der Waals surface area (Å²) in [6.45, 7) is 7.13. The molecule has 0 spiro atoms. The summed E-state index contributed by atoms with van der Waals surface area (Å²) >= 11 is 0. The van der Waals surface area contributed by atoms with Gasteiger partial charge in [0.2, 0.25) is 0 Å². The number of nitrogens with one attached hydrogen (secondary N) is 2. The van der Waals surface area contributed by atoms with E-state index in [9.17, 15) is 10.1 Å². The number of nitro benzene ring substituents is 1. The van der Waals surface area contributed by atoms with E-state index < -0.39 is 4.92 Å². The molecule has 1 unspecified atom stereocenters. The molecule has 1 fully saturated rings. The molecule has 30 heavy (non-hydrogen) atoms. The van der Waals surface area contributed by atoms with Gasteiger partial charge in [0.15, 0.2) is 5.96 Å². The number of aryl methyl sites for hydroxylation is 1. The van der Waals surface area contributed by atoms with Gasteiger partial charge < -0.3 is 20.1 Å². The summed E-state index contributed by atoms with van der Waals surface area (Å²) in [6.07, 6.45) is 0.995. The molecule has 160 valence electrons. The maximum absolute atomic E-state index is 10.8. The zero-order chi connectivity index (χ0) is 21.3. The smallest absolute Gasteiger partial charge is 0.269 e. The maximum Gasteiger partial charge on any atom is 0.269 e. The lowest BCUT2D eigenvalue weighted by Crippen LogP contribution is -2.37. The van der Waals surface area contributed by atoms with Gasteiger partial charge in [0, 0.05) is 37.2 Å². The number of nitro groups is 1. The van der Waals surface area contributed by atoms with Gasteiger partial charge in [-0.1, -0.05) is 24.3 Å². The SMILES string of the molecule is CCNC(=NCc1ccc([N+](=O)[O-])cc1)NCc1ccc(C)cc1OC1CCOC1. The van der Waals surface area contributed by atoms with E-state index in [-0.39, 0.29) is 11.8 Å². The molecular weight excluding hydrogens is 384 g/mol. The Morgan fingerprint density at radius 1 is 1.27 bits per heavy atom. The third kappa shape index (κ3) is 6.18. The van der Waals surface area contributed by atoms with E-state index in [0.29, 0.717) is 25.7 Å². The third-order valence-electron chi connectivity index (χ3n) is 4.76. The molecule has 0 amide bonds. The first-order valence-electron chi connectivity index (χ1n) is 10.1. The lowest BCUT2D eigenvalue weighted by molar-refractivity contribution is -0.384. The van der Waals surface area contributed by atoms with Crippen molar-refractivity contribution in [3.05, 3.63) is 69.3 Å². The molecule has 2 aromatic carbocycles. The predicted molar refractivity (Wildman–Crippen MR) is 116 cm³/mol. The molecule has 1 atom stereocenters. The lowest BCUT2D eigenvalue weighted by Gasteiger charge is -2.18. The molecule has 8 nitrogen and oxygen atoms in total. The van der Waals surface area contributed by atoms with Gasteiger partial charge in [-0.15, -0.1) is 0 Å². The Morgan fingerprint density at radius 3 is 2.73 bits per heavy atom. The Bertz CT molecular complexity index is 877. The largest absolute Gasteiger partial charge is 0.488 e. The van der Waals surface area contributed by atoms with Crippen LogP contribution in [-0.4, -0.2) is 36.7 Å². The molecular formula is C22H28N4O4. The van der Waals surface area contributed by atoms with Crippen LogP contribution in [0.1, 0.15) is 30.0 Å². The van der Waals surface area contributed by atoms with Crippen LogP contribution in [0.15, 0.2) is 47.5 Å². The predicted octanol–water partition coefficient (Wildman–Crippen LogP) is 3.33. The second-order valence-corrected chi connectivity index (χ2v) is 7.19. The second kappa shape index (κ2) is 10.6. The molecule has 1 aliphatic heterocycles. The van der Waals surface area contributed by atoms with Crippen molar-refractivity contribution in [3.8, 4) is 5.75 Å². The molecule has 1 saturated heterocycles. The minimum Gasteiger partial charge on any atom is -0.488 e. The molecule has 0 bridgehead atoms. The van der Waals surface area contributed by atoms with Crippen LogP contribution in [0.25, 0.3) is 0 Å². The van der Waals surface area contributed by atoms with Gasteiger partial charge in [-0.3, -0.25) is 10.1 Å². The molecule has 2 N–H and O–H groups in total. The number of hydrogen-bond donors (Lipinski definition) is 2. The van der Waals surface area contributed by atoms with E-state index in [1.54, 1.807) is 12.1 Å². The van der Waals surface area contributed by atoms with Crippen molar-refractivity contribution in [2.24, 2.45) is 4.99 Å². The van der Waals surface area contributed by atoms with E-state index in [1.807, 2.05) is 13.8 Å². The Labute approximate surface area is 176 Å². The molecule has 0 radical (unpaired) electrons. The average molecular weight is 412 g/mol. The van der Waals surface area contributed by atoms with Gasteiger partial charge in [-0.25, -0.2) is 4.99 Å². The van der Waals surface area contributed by atoms with Gasteiger partial charge in [0.05, 0.1) is 24.7 Å². The molecule has 1 heterocycles. The van der Waals surface area contributed by atoms with Crippen molar-refractivity contribution in [2.45, 2.75) is 39.5 Å². The van der Waals surface area contributed by atoms with E-state index in [2.05, 4.69) is 33.8 Å². The summed E-state index contributed by atoms with van der Waals surface area (Å²) in [6, 6.07) is 12.6. The first-order chi connectivity index (χ1) is 14.5. The van der Waals surface area contributed by atoms with Gasteiger partial charge >= 0.3 is 0 Å². The quantitative estimate of drug-likeness (QED) is 0.299. The number of guanidine groups is 1. The number of hydrogen-bond acceptors (Lipinski definition) is 5. The fraction of sp³-hybridized carbons (Fsp3) is 0.409. The van der Waals surface area contributed by atoms with Crippen LogP contribution < -0.4 is 15.4 Å². The van der Waals surface area contributed by atoms with E-state index in [4.69, 9.17) is 9.47 Å². The third-order valence-corrected chi connectivity index (χ3v) is 4.76. The monoisotopic (exact) mass is 412 g/mol. The van der Waals surface area contributed by atoms with Crippen LogP contribution in [0.4, 0.5) is 5.69 Å². The van der Waals surface area contributed by atoms with Crippen LogP contribution in [0.3, 0.4) is 0 Å². The van der Waals surface area contributed by atoms with Crippen LogP contribution in [0.2, 0.25) is 0 Å². The van der Waals surface area contributed by atoms with Crippen LogP contribution in [0, 0.1) is 17.0 Å². The Balaban J connectivity index is 1.65. The number of rotatable bonds is 8. The summed E-state index contributed by atoms with van der Waals surface area (Å²) < 4.78 is 11.6. The first-order valence-corrected chi connectivity index (χ1v) is 10.1. The van der Waals surface area contributed by atoms with Crippen molar-refractivity contribution in [1.29, 1.82) is 0 Å². The summed E-state index contributed by atoms with van der Waals surface area (Å²) in [5, 5.41) is 17.3. The zero-order valence-electron chi connectivity index (χ0n) is 17.4. The normalized spacial score (nSPS) is 16.3. The zero-order valence-corrected chi connectivity index (χ0v) is 17.4. The van der Waals surface area contributed by atoms with E-state index >= 15 is 0 Å². The maximum atomic E-state index is 10.8. The number of non-ortho nitro benzene ring substituents is 1. The number of ether oxygens (including phenoxy) is 2. The van der Waals surface area contributed by atoms with Crippen molar-refractivity contribution >= 4 is 11.6 Å². The van der Waals surface area contributed by atoms with Crippen molar-refractivity contribution < 1.29 is 14.4 Å². The fourth-order valence-electron chi connectivity index (χ4n) is 3.12. The molecule has 1 aliphatic rings. The summed E-state index contributed by atoms with van der Waals surface area (Å²) in [5.74, 6) is 1.54. The number of aliphatic imine (C=N–C) groups is 1. The molecule has 0 aromatic heterocycles. The Hall–Kier alpha value is -3.13. The van der Waals surface area contributed by atoms with Gasteiger partial charge in [-0.2, -0.15) is 0 Å². The topological polar surface area (TPSA) is 98.0 Å².